The van der Waals surface area contributed by atoms with Crippen molar-refractivity contribution in [1.82, 2.24) is 4.90 Å². The summed E-state index contributed by atoms with van der Waals surface area (Å²) in [6.45, 7) is 3.68. The second-order valence-electron chi connectivity index (χ2n) is 6.23. The van der Waals surface area contributed by atoms with Gasteiger partial charge in [-0.2, -0.15) is 13.2 Å². The van der Waals surface area contributed by atoms with Crippen LogP contribution in [-0.2, 0) is 0 Å². The zero-order chi connectivity index (χ0) is 17.5. The van der Waals surface area contributed by atoms with Gasteiger partial charge in [0.1, 0.15) is 5.75 Å². The van der Waals surface area contributed by atoms with Crippen molar-refractivity contribution >= 4 is 5.69 Å². The number of anilines is 1. The van der Waals surface area contributed by atoms with Crippen LogP contribution in [0.1, 0.15) is 31.7 Å². The van der Waals surface area contributed by atoms with Crippen molar-refractivity contribution in [2.24, 2.45) is 0 Å². The van der Waals surface area contributed by atoms with E-state index in [1.807, 2.05) is 6.07 Å². The van der Waals surface area contributed by atoms with Gasteiger partial charge < -0.3 is 15.0 Å². The molecule has 0 radical (unpaired) electrons. The monoisotopic (exact) mass is 332 g/mol. The predicted octanol–water partition coefficient (Wildman–Crippen LogP) is 4.47. The molecule has 1 N–H and O–H groups in total. The molecule has 1 aromatic rings. The molecule has 0 aliphatic rings. The quantitative estimate of drug-likeness (QED) is 0.675. The topological polar surface area (TPSA) is 24.5 Å². The summed E-state index contributed by atoms with van der Waals surface area (Å²) in [5.74, 6) is 0.270. The average Bonchev–Trinajstić information content (AvgIpc) is 2.41. The molecule has 1 aromatic carbocycles. The van der Waals surface area contributed by atoms with Gasteiger partial charge in [-0.1, -0.05) is 6.42 Å². The second-order valence-corrected chi connectivity index (χ2v) is 6.23. The number of hydrogen-bond donors (Lipinski definition) is 1. The maximum absolute atomic E-state index is 12.2. The molecule has 0 fully saturated rings. The zero-order valence-electron chi connectivity index (χ0n) is 14.3. The van der Waals surface area contributed by atoms with E-state index >= 15 is 0 Å². The van der Waals surface area contributed by atoms with Crippen LogP contribution in [0.3, 0.4) is 0 Å². The van der Waals surface area contributed by atoms with E-state index in [0.29, 0.717) is 11.6 Å². The van der Waals surface area contributed by atoms with Crippen LogP contribution < -0.4 is 10.1 Å². The fourth-order valence-electron chi connectivity index (χ4n) is 2.30. The number of hydrogen-bond acceptors (Lipinski definition) is 3. The van der Waals surface area contributed by atoms with E-state index < -0.39 is 12.8 Å². The minimum atomic E-state index is -4.32. The Balaban J connectivity index is 2.44. The second kappa shape index (κ2) is 9.01. The van der Waals surface area contributed by atoms with E-state index in [2.05, 4.69) is 31.2 Å². The summed E-state index contributed by atoms with van der Waals surface area (Å²) in [5, 5.41) is 3.38. The van der Waals surface area contributed by atoms with Crippen molar-refractivity contribution in [2.45, 2.75) is 45.3 Å². The third-order valence-electron chi connectivity index (χ3n) is 3.47. The summed E-state index contributed by atoms with van der Waals surface area (Å²) in [4.78, 5) is 2.17. The number of nitrogens with zero attached hydrogens (tertiary/aromatic N) is 1. The molecular weight excluding hydrogens is 305 g/mol. The Hall–Kier alpha value is -1.43. The minimum Gasteiger partial charge on any atom is -0.484 e. The van der Waals surface area contributed by atoms with E-state index in [0.717, 1.165) is 31.5 Å². The highest BCUT2D eigenvalue weighted by atomic mass is 19.4. The molecule has 0 aliphatic heterocycles. The number of ether oxygens (including phenoxy) is 1. The summed E-state index contributed by atoms with van der Waals surface area (Å²) in [7, 11) is 4.12. The molecule has 0 unspecified atom stereocenters. The van der Waals surface area contributed by atoms with Crippen LogP contribution in [0.15, 0.2) is 18.2 Å². The molecule has 0 spiro atoms. The van der Waals surface area contributed by atoms with E-state index in [1.54, 1.807) is 19.1 Å². The van der Waals surface area contributed by atoms with Gasteiger partial charge in [-0.15, -0.1) is 0 Å². The molecule has 0 saturated heterocycles. The summed E-state index contributed by atoms with van der Waals surface area (Å²) >= 11 is 0. The van der Waals surface area contributed by atoms with E-state index in [-0.39, 0.29) is 5.75 Å². The van der Waals surface area contributed by atoms with Gasteiger partial charge in [0, 0.05) is 11.7 Å². The van der Waals surface area contributed by atoms with Gasteiger partial charge in [-0.3, -0.25) is 0 Å². The van der Waals surface area contributed by atoms with Crippen LogP contribution in [0.2, 0.25) is 0 Å². The van der Waals surface area contributed by atoms with Crippen LogP contribution >= 0.6 is 0 Å². The van der Waals surface area contributed by atoms with Crippen LogP contribution in [0.5, 0.6) is 5.75 Å². The van der Waals surface area contributed by atoms with Crippen molar-refractivity contribution in [1.29, 1.82) is 0 Å². The number of aryl methyl sites for hydroxylation is 1. The van der Waals surface area contributed by atoms with Crippen molar-refractivity contribution in [3.05, 3.63) is 23.8 Å². The first-order chi connectivity index (χ1) is 10.7. The molecule has 132 valence electrons. The number of halogens is 3. The summed E-state index contributed by atoms with van der Waals surface area (Å²) in [5.41, 5.74) is 1.60. The third-order valence-corrected chi connectivity index (χ3v) is 3.47. The fraction of sp³-hybridized carbons (Fsp3) is 0.647. The Morgan fingerprint density at radius 3 is 2.48 bits per heavy atom. The average molecular weight is 332 g/mol. The smallest absolute Gasteiger partial charge is 0.422 e. The molecule has 23 heavy (non-hydrogen) atoms. The minimum absolute atomic E-state index is 0.270. The molecule has 0 heterocycles. The normalized spacial score (nSPS) is 13.2. The van der Waals surface area contributed by atoms with Crippen LogP contribution in [0.25, 0.3) is 0 Å². The molecule has 3 nitrogen and oxygen atoms in total. The predicted molar refractivity (Wildman–Crippen MR) is 88.2 cm³/mol. The molecule has 6 heteroatoms. The highest BCUT2D eigenvalue weighted by Gasteiger charge is 2.28. The highest BCUT2D eigenvalue weighted by Crippen LogP contribution is 2.25. The van der Waals surface area contributed by atoms with Gasteiger partial charge >= 0.3 is 6.18 Å². The fourth-order valence-corrected chi connectivity index (χ4v) is 2.30. The third kappa shape index (κ3) is 8.69. The standard InChI is InChI=1S/C17H27F3N2O/c1-13-11-15(8-9-16(13)23-12-17(18,19)20)21-14(2)7-5-6-10-22(3)4/h8-9,11,14,21H,5-7,10,12H2,1-4H3/t14-/m1/s1. The van der Waals surface area contributed by atoms with Crippen molar-refractivity contribution < 1.29 is 17.9 Å². The molecule has 0 aromatic heterocycles. The molecule has 0 amide bonds. The zero-order valence-corrected chi connectivity index (χ0v) is 14.3. The van der Waals surface area contributed by atoms with Gasteiger partial charge in [0.05, 0.1) is 0 Å². The first-order valence-electron chi connectivity index (χ1n) is 7.89. The Labute approximate surface area is 136 Å². The van der Waals surface area contributed by atoms with Gasteiger partial charge in [0.15, 0.2) is 6.61 Å². The largest absolute Gasteiger partial charge is 0.484 e. The molecular formula is C17H27F3N2O. The van der Waals surface area contributed by atoms with E-state index in [9.17, 15) is 13.2 Å². The molecule has 0 aliphatic carbocycles. The van der Waals surface area contributed by atoms with Crippen LogP contribution in [0.4, 0.5) is 18.9 Å². The lowest BCUT2D eigenvalue weighted by atomic mass is 10.1. The van der Waals surface area contributed by atoms with Gasteiger partial charge in [-0.25, -0.2) is 0 Å². The Morgan fingerprint density at radius 1 is 1.22 bits per heavy atom. The summed E-state index contributed by atoms with van der Waals surface area (Å²) in [6.07, 6.45) is -0.968. The van der Waals surface area contributed by atoms with Crippen LogP contribution in [0, 0.1) is 6.92 Å². The number of benzene rings is 1. The maximum Gasteiger partial charge on any atom is 0.422 e. The SMILES string of the molecule is Cc1cc(N[C@H](C)CCCCN(C)C)ccc1OCC(F)(F)F. The number of unbranched alkanes of at least 4 members (excludes halogenated alkanes) is 1. The van der Waals surface area contributed by atoms with Crippen molar-refractivity contribution in [3.63, 3.8) is 0 Å². The molecule has 0 bridgehead atoms. The van der Waals surface area contributed by atoms with Gasteiger partial charge in [0.25, 0.3) is 0 Å². The highest BCUT2D eigenvalue weighted by molar-refractivity contribution is 5.51. The Kier molecular flexibility index (Phi) is 7.68. The van der Waals surface area contributed by atoms with Crippen LogP contribution in [-0.4, -0.2) is 44.4 Å². The summed E-state index contributed by atoms with van der Waals surface area (Å²) in [6, 6.07) is 5.48. The van der Waals surface area contributed by atoms with E-state index in [4.69, 9.17) is 4.74 Å². The first kappa shape index (κ1) is 19.6. The van der Waals surface area contributed by atoms with Crippen molar-refractivity contribution in [2.75, 3.05) is 32.6 Å². The summed E-state index contributed by atoms with van der Waals surface area (Å²) < 4.78 is 41.3. The number of rotatable bonds is 9. The Bertz CT molecular complexity index is 475. The van der Waals surface area contributed by atoms with Crippen molar-refractivity contribution in [3.8, 4) is 5.75 Å². The van der Waals surface area contributed by atoms with Gasteiger partial charge in [-0.05, 0) is 71.1 Å². The molecule has 1 rings (SSSR count). The molecule has 1 atom stereocenters. The van der Waals surface area contributed by atoms with E-state index in [1.165, 1.54) is 0 Å². The molecule has 0 saturated carbocycles. The maximum atomic E-state index is 12.2. The number of nitrogens with one attached hydrogen (secondary N) is 1. The van der Waals surface area contributed by atoms with Gasteiger partial charge in [0.2, 0.25) is 0 Å². The lowest BCUT2D eigenvalue weighted by Crippen LogP contribution is -2.19. The lowest BCUT2D eigenvalue weighted by Gasteiger charge is -2.18. The lowest BCUT2D eigenvalue weighted by molar-refractivity contribution is -0.153. The number of alkyl halides is 3. The first-order valence-corrected chi connectivity index (χ1v) is 7.89. The Morgan fingerprint density at radius 2 is 1.91 bits per heavy atom.